The highest BCUT2D eigenvalue weighted by molar-refractivity contribution is 7.47. The summed E-state index contributed by atoms with van der Waals surface area (Å²) in [5.74, 6) is -2.10. The van der Waals surface area contributed by atoms with Gasteiger partial charge in [0.15, 0.2) is 12.2 Å². The molecule has 0 aliphatic rings. The normalized spacial score (nSPS) is 13.8. The van der Waals surface area contributed by atoms with E-state index in [1.54, 1.807) is 0 Å². The molecule has 0 radical (unpaired) electrons. The lowest BCUT2D eigenvalue weighted by atomic mass is 10.0. The van der Waals surface area contributed by atoms with Crippen LogP contribution in [0.4, 0.5) is 0 Å². The highest BCUT2D eigenvalue weighted by atomic mass is 31.2. The largest absolute Gasteiger partial charge is 0.472 e. The van der Waals surface area contributed by atoms with Gasteiger partial charge in [-0.2, -0.15) is 0 Å². The molecule has 19 heteroatoms. The first-order chi connectivity index (χ1) is 48.7. The highest BCUT2D eigenvalue weighted by Gasteiger charge is 2.30. The van der Waals surface area contributed by atoms with Crippen LogP contribution in [0.3, 0.4) is 0 Å². The molecule has 0 amide bonds. The molecule has 0 aromatic rings. The average molecular weight is 1470 g/mol. The summed E-state index contributed by atoms with van der Waals surface area (Å²) >= 11 is 0. The minimum Gasteiger partial charge on any atom is -0.462 e. The monoisotopic (exact) mass is 1470 g/mol. The summed E-state index contributed by atoms with van der Waals surface area (Å²) < 4.78 is 68.7. The van der Waals surface area contributed by atoms with Gasteiger partial charge >= 0.3 is 39.5 Å². The number of carbonyl (C=O) groups is 4. The van der Waals surface area contributed by atoms with Gasteiger partial charge in [0, 0.05) is 25.7 Å². The number of rotatable bonds is 82. The highest BCUT2D eigenvalue weighted by Crippen LogP contribution is 2.45. The molecule has 0 saturated heterocycles. The van der Waals surface area contributed by atoms with E-state index in [2.05, 4.69) is 27.7 Å². The van der Waals surface area contributed by atoms with Gasteiger partial charge in [-0.15, -0.1) is 0 Å². The molecule has 0 spiro atoms. The summed E-state index contributed by atoms with van der Waals surface area (Å²) in [6, 6.07) is 0. The molecule has 0 fully saturated rings. The van der Waals surface area contributed by atoms with E-state index in [1.165, 1.54) is 270 Å². The number of aliphatic hydroxyl groups excluding tert-OH is 1. The summed E-state index contributed by atoms with van der Waals surface area (Å²) in [6.07, 6.45) is 67.9. The van der Waals surface area contributed by atoms with Crippen molar-refractivity contribution in [3.05, 3.63) is 0 Å². The molecule has 0 aliphatic heterocycles. The summed E-state index contributed by atoms with van der Waals surface area (Å²) in [7, 11) is -9.92. The number of unbranched alkanes of at least 4 members (excludes halogenated alkanes) is 56. The van der Waals surface area contributed by atoms with Crippen molar-refractivity contribution in [2.24, 2.45) is 0 Å². The second-order valence-corrected chi connectivity index (χ2v) is 32.1. The van der Waals surface area contributed by atoms with Crippen molar-refractivity contribution in [3.63, 3.8) is 0 Å². The average Bonchev–Trinajstić information content (AvgIpc) is 0.931. The Hall–Kier alpha value is -1.94. The molecule has 0 aromatic heterocycles. The summed E-state index contributed by atoms with van der Waals surface area (Å²) in [5.41, 5.74) is 0. The Labute approximate surface area is 613 Å². The maximum Gasteiger partial charge on any atom is 0.472 e. The van der Waals surface area contributed by atoms with Crippen molar-refractivity contribution < 1.29 is 80.2 Å². The topological polar surface area (TPSA) is 237 Å². The molecular weight excluding hydrogens is 1310 g/mol. The molecule has 0 saturated carbocycles. The molecule has 2 unspecified atom stereocenters. The van der Waals surface area contributed by atoms with Gasteiger partial charge in [0.1, 0.15) is 19.3 Å². The van der Waals surface area contributed by atoms with Crippen LogP contribution in [0.15, 0.2) is 0 Å². The summed E-state index contributed by atoms with van der Waals surface area (Å²) in [6.45, 7) is 5.03. The number of hydrogen-bond acceptors (Lipinski definition) is 15. The number of hydrogen-bond donors (Lipinski definition) is 3. The lowest BCUT2D eigenvalue weighted by Crippen LogP contribution is -2.30. The Morgan fingerprint density at radius 1 is 0.240 bits per heavy atom. The quantitative estimate of drug-likeness (QED) is 0.0222. The Bertz CT molecular complexity index is 1890. The number of esters is 4. The van der Waals surface area contributed by atoms with Gasteiger partial charge in [-0.05, 0) is 25.7 Å². The molecular formula is C81H158O17P2. The minimum atomic E-state index is -4.96. The fourth-order valence-electron chi connectivity index (χ4n) is 12.6. The van der Waals surface area contributed by atoms with Crippen molar-refractivity contribution in [2.45, 2.75) is 457 Å². The van der Waals surface area contributed by atoms with Gasteiger partial charge in [0.05, 0.1) is 26.4 Å². The minimum absolute atomic E-state index is 0.109. The third-order valence-corrected chi connectivity index (χ3v) is 21.0. The van der Waals surface area contributed by atoms with Crippen molar-refractivity contribution in [3.8, 4) is 0 Å². The number of ether oxygens (including phenoxy) is 4. The van der Waals surface area contributed by atoms with E-state index < -0.39 is 97.5 Å². The van der Waals surface area contributed by atoms with E-state index in [9.17, 15) is 43.2 Å². The van der Waals surface area contributed by atoms with Gasteiger partial charge < -0.3 is 33.8 Å². The van der Waals surface area contributed by atoms with Crippen molar-refractivity contribution in [1.29, 1.82) is 0 Å². The molecule has 3 N–H and O–H groups in total. The Kier molecular flexibility index (Phi) is 73.8. The third kappa shape index (κ3) is 74.3. The first-order valence-electron chi connectivity index (χ1n) is 42.3. The zero-order chi connectivity index (χ0) is 73.2. The predicted molar refractivity (Wildman–Crippen MR) is 409 cm³/mol. The van der Waals surface area contributed by atoms with Crippen LogP contribution in [-0.2, 0) is 65.4 Å². The zero-order valence-corrected chi connectivity index (χ0v) is 67.0. The first kappa shape index (κ1) is 98.1. The van der Waals surface area contributed by atoms with Crippen LogP contribution in [0.1, 0.15) is 439 Å². The number of carbonyl (C=O) groups excluding carboxylic acids is 4. The van der Waals surface area contributed by atoms with Crippen LogP contribution >= 0.6 is 15.6 Å². The van der Waals surface area contributed by atoms with Crippen LogP contribution in [-0.4, -0.2) is 96.7 Å². The molecule has 0 aromatic carbocycles. The Morgan fingerprint density at radius 3 is 0.590 bits per heavy atom. The van der Waals surface area contributed by atoms with Crippen LogP contribution in [0.25, 0.3) is 0 Å². The standard InChI is InChI=1S/C81H158O17P2/c1-5-9-13-17-21-25-29-32-34-36-37-39-41-44-48-52-56-60-64-68-81(86)98-77(72-92-79(84)66-62-58-54-50-46-43-40-38-35-33-30-26-22-18-14-10-6-2)74-96-100(89,90)94-70-75(82)69-93-99(87,88)95-73-76(71-91-78(83)65-61-57-53-49-45-28-24-20-16-12-8-4)97-80(85)67-63-59-55-51-47-42-31-27-23-19-15-11-7-3/h75-77,82H,5-74H2,1-4H3,(H,87,88)(H,89,90)/t75-,76+,77+/m0/s1. The van der Waals surface area contributed by atoms with Crippen LogP contribution in [0, 0.1) is 0 Å². The summed E-state index contributed by atoms with van der Waals surface area (Å²) in [4.78, 5) is 73.0. The van der Waals surface area contributed by atoms with Crippen molar-refractivity contribution in [1.82, 2.24) is 0 Å². The molecule has 594 valence electrons. The van der Waals surface area contributed by atoms with E-state index in [-0.39, 0.29) is 25.7 Å². The second-order valence-electron chi connectivity index (χ2n) is 29.2. The van der Waals surface area contributed by atoms with Gasteiger partial charge in [0.25, 0.3) is 0 Å². The van der Waals surface area contributed by atoms with Gasteiger partial charge in [-0.3, -0.25) is 37.3 Å². The van der Waals surface area contributed by atoms with Gasteiger partial charge in [0.2, 0.25) is 0 Å². The Balaban J connectivity index is 5.23. The molecule has 5 atom stereocenters. The number of phosphoric ester groups is 2. The lowest BCUT2D eigenvalue weighted by Gasteiger charge is -2.21. The molecule has 0 heterocycles. The predicted octanol–water partition coefficient (Wildman–Crippen LogP) is 24.6. The van der Waals surface area contributed by atoms with Gasteiger partial charge in [-0.1, -0.05) is 387 Å². The fourth-order valence-corrected chi connectivity index (χ4v) is 14.2. The van der Waals surface area contributed by atoms with Crippen LogP contribution in [0.2, 0.25) is 0 Å². The zero-order valence-electron chi connectivity index (χ0n) is 65.2. The van der Waals surface area contributed by atoms with Crippen LogP contribution in [0.5, 0.6) is 0 Å². The number of phosphoric acid groups is 2. The van der Waals surface area contributed by atoms with E-state index in [4.69, 9.17) is 37.0 Å². The van der Waals surface area contributed by atoms with E-state index in [1.807, 2.05) is 0 Å². The molecule has 17 nitrogen and oxygen atoms in total. The molecule has 0 aliphatic carbocycles. The molecule has 100 heavy (non-hydrogen) atoms. The Morgan fingerprint density at radius 2 is 0.400 bits per heavy atom. The smallest absolute Gasteiger partial charge is 0.462 e. The van der Waals surface area contributed by atoms with Crippen LogP contribution < -0.4 is 0 Å². The maximum atomic E-state index is 13.1. The third-order valence-electron chi connectivity index (χ3n) is 19.1. The number of aliphatic hydroxyl groups is 1. The first-order valence-corrected chi connectivity index (χ1v) is 45.3. The van der Waals surface area contributed by atoms with Crippen molar-refractivity contribution in [2.75, 3.05) is 39.6 Å². The van der Waals surface area contributed by atoms with Gasteiger partial charge in [-0.25, -0.2) is 9.13 Å². The maximum absolute atomic E-state index is 13.1. The summed E-state index contributed by atoms with van der Waals surface area (Å²) in [5, 5.41) is 10.6. The SMILES string of the molecule is CCCCCCCCCCCCCCCCCCCCCC(=O)O[C@H](COC(=O)CCCCCCCCCCCCCCCCCCC)COP(=O)(O)OC[C@@H](O)COP(=O)(O)OC[C@@H](COC(=O)CCCCCCCCCCCCC)OC(=O)CCCCCCCCCCCCCCC. The molecule has 0 rings (SSSR count). The van der Waals surface area contributed by atoms with E-state index in [0.29, 0.717) is 25.7 Å². The fraction of sp³-hybridized carbons (Fsp3) is 0.951. The lowest BCUT2D eigenvalue weighted by molar-refractivity contribution is -0.161. The second kappa shape index (κ2) is 75.3. The van der Waals surface area contributed by atoms with E-state index in [0.717, 1.165) is 89.9 Å². The van der Waals surface area contributed by atoms with Crippen molar-refractivity contribution >= 4 is 39.5 Å². The van der Waals surface area contributed by atoms with E-state index >= 15 is 0 Å². The molecule has 0 bridgehead atoms.